The molecule has 1 aromatic rings. The molecular formula is C16H18N2O3. The molecule has 1 N–H and O–H groups in total. The van der Waals surface area contributed by atoms with E-state index in [9.17, 15) is 9.59 Å². The zero-order chi connectivity index (χ0) is 15.8. The molecule has 0 aromatic heterocycles. The van der Waals surface area contributed by atoms with E-state index in [4.69, 9.17) is 10.00 Å². The Bertz CT molecular complexity index is 583. The van der Waals surface area contributed by atoms with E-state index >= 15 is 0 Å². The first-order valence-corrected chi connectivity index (χ1v) is 6.65. The molecule has 0 saturated heterocycles. The molecule has 110 valence electrons. The maximum absolute atomic E-state index is 11.9. The Morgan fingerprint density at radius 3 is 2.52 bits per heavy atom. The van der Waals surface area contributed by atoms with Crippen LogP contribution in [0.25, 0.3) is 6.08 Å². The average Bonchev–Trinajstić information content (AvgIpc) is 2.46. The van der Waals surface area contributed by atoms with Gasteiger partial charge in [0.1, 0.15) is 11.6 Å². The molecule has 0 spiro atoms. The van der Waals surface area contributed by atoms with Gasteiger partial charge < -0.3 is 10.1 Å². The molecule has 1 rings (SSSR count). The van der Waals surface area contributed by atoms with Gasteiger partial charge in [-0.05, 0) is 32.4 Å². The number of esters is 1. The smallest absolute Gasteiger partial charge is 0.349 e. The second kappa shape index (κ2) is 7.85. The van der Waals surface area contributed by atoms with Crippen LogP contribution in [0.5, 0.6) is 0 Å². The van der Waals surface area contributed by atoms with Crippen molar-refractivity contribution in [3.8, 4) is 6.07 Å². The number of likely N-dealkylation sites (N-methyl/N-ethyl adjacent to an activating group) is 1. The summed E-state index contributed by atoms with van der Waals surface area (Å²) in [6, 6.07) is 9.15. The first kappa shape index (κ1) is 16.4. The van der Waals surface area contributed by atoms with E-state index in [1.165, 1.54) is 13.0 Å². The van der Waals surface area contributed by atoms with E-state index in [1.807, 2.05) is 19.1 Å². The second-order valence-corrected chi connectivity index (χ2v) is 4.52. The number of amides is 1. The van der Waals surface area contributed by atoms with Crippen LogP contribution in [0.3, 0.4) is 0 Å². The molecule has 0 aliphatic rings. The summed E-state index contributed by atoms with van der Waals surface area (Å²) in [4.78, 5) is 23.4. The van der Waals surface area contributed by atoms with Gasteiger partial charge in [-0.2, -0.15) is 5.26 Å². The van der Waals surface area contributed by atoms with Crippen LogP contribution in [-0.4, -0.2) is 24.5 Å². The summed E-state index contributed by atoms with van der Waals surface area (Å²) in [5.74, 6) is -1.20. The molecule has 1 atom stereocenters. The summed E-state index contributed by atoms with van der Waals surface area (Å²) >= 11 is 0. The number of nitriles is 1. The molecule has 0 aliphatic heterocycles. The third kappa shape index (κ3) is 5.11. The van der Waals surface area contributed by atoms with Crippen LogP contribution in [0.2, 0.25) is 0 Å². The van der Waals surface area contributed by atoms with Crippen molar-refractivity contribution in [2.24, 2.45) is 0 Å². The Morgan fingerprint density at radius 1 is 1.38 bits per heavy atom. The maximum Gasteiger partial charge on any atom is 0.349 e. The Morgan fingerprint density at radius 2 is 2.00 bits per heavy atom. The highest BCUT2D eigenvalue weighted by atomic mass is 16.5. The fourth-order valence-electron chi connectivity index (χ4n) is 1.56. The van der Waals surface area contributed by atoms with Crippen molar-refractivity contribution in [1.82, 2.24) is 5.32 Å². The van der Waals surface area contributed by atoms with Crippen molar-refractivity contribution in [2.45, 2.75) is 26.9 Å². The number of carbonyl (C=O) groups excluding carboxylic acids is 2. The van der Waals surface area contributed by atoms with Gasteiger partial charge in [0.05, 0.1) is 0 Å². The Labute approximate surface area is 124 Å². The third-order valence-electron chi connectivity index (χ3n) is 2.73. The molecule has 21 heavy (non-hydrogen) atoms. The number of nitrogens with one attached hydrogen (secondary N) is 1. The van der Waals surface area contributed by atoms with Gasteiger partial charge in [0.25, 0.3) is 5.91 Å². The molecule has 0 heterocycles. The van der Waals surface area contributed by atoms with Crippen LogP contribution in [0.1, 0.15) is 25.0 Å². The maximum atomic E-state index is 11.9. The number of hydrogen-bond acceptors (Lipinski definition) is 4. The van der Waals surface area contributed by atoms with Crippen molar-refractivity contribution in [3.05, 3.63) is 41.0 Å². The molecule has 1 aromatic carbocycles. The summed E-state index contributed by atoms with van der Waals surface area (Å²) in [5.41, 5.74) is 1.66. The summed E-state index contributed by atoms with van der Waals surface area (Å²) in [6.07, 6.45) is 0.499. The van der Waals surface area contributed by atoms with Crippen molar-refractivity contribution in [1.29, 1.82) is 5.26 Å². The molecule has 0 saturated carbocycles. The van der Waals surface area contributed by atoms with Gasteiger partial charge in [0.15, 0.2) is 6.10 Å². The van der Waals surface area contributed by atoms with Gasteiger partial charge >= 0.3 is 5.97 Å². The monoisotopic (exact) mass is 286 g/mol. The normalized spacial score (nSPS) is 12.2. The number of nitrogens with zero attached hydrogens (tertiary/aromatic N) is 1. The van der Waals surface area contributed by atoms with E-state index in [0.717, 1.165) is 11.1 Å². The third-order valence-corrected chi connectivity index (χ3v) is 2.73. The lowest BCUT2D eigenvalue weighted by Crippen LogP contribution is -2.35. The van der Waals surface area contributed by atoms with Crippen LogP contribution in [-0.2, 0) is 14.3 Å². The van der Waals surface area contributed by atoms with Gasteiger partial charge in [-0.25, -0.2) is 4.79 Å². The summed E-state index contributed by atoms with van der Waals surface area (Å²) in [6.45, 7) is 5.63. The summed E-state index contributed by atoms with van der Waals surface area (Å²) < 4.78 is 4.97. The van der Waals surface area contributed by atoms with E-state index in [-0.39, 0.29) is 5.57 Å². The molecule has 0 aliphatic carbocycles. The molecular weight excluding hydrogens is 268 g/mol. The zero-order valence-electron chi connectivity index (χ0n) is 12.3. The molecule has 0 bridgehead atoms. The van der Waals surface area contributed by atoms with Crippen LogP contribution < -0.4 is 5.32 Å². The van der Waals surface area contributed by atoms with Crippen molar-refractivity contribution < 1.29 is 14.3 Å². The first-order chi connectivity index (χ1) is 9.97. The number of aryl methyl sites for hydroxylation is 1. The van der Waals surface area contributed by atoms with Crippen LogP contribution in [0, 0.1) is 18.3 Å². The minimum atomic E-state index is -0.938. The lowest BCUT2D eigenvalue weighted by atomic mass is 10.1. The molecule has 5 heteroatoms. The van der Waals surface area contributed by atoms with E-state index in [2.05, 4.69) is 5.32 Å². The number of carbonyl (C=O) groups is 2. The standard InChI is InChI=1S/C16H18N2O3/c1-4-18-15(19)12(3)21-16(20)14(10-17)9-13-7-5-11(2)6-8-13/h5-9,12H,4H2,1-3H3,(H,18,19)/b14-9+/t12-/m0/s1. The van der Waals surface area contributed by atoms with Crippen LogP contribution in [0.15, 0.2) is 29.8 Å². The van der Waals surface area contributed by atoms with Crippen molar-refractivity contribution in [3.63, 3.8) is 0 Å². The van der Waals surface area contributed by atoms with Gasteiger partial charge in [-0.3, -0.25) is 4.79 Å². The minimum absolute atomic E-state index is 0.144. The predicted octanol–water partition coefficient (Wildman–Crippen LogP) is 1.97. The minimum Gasteiger partial charge on any atom is -0.448 e. The Hall–Kier alpha value is -2.61. The van der Waals surface area contributed by atoms with Gasteiger partial charge in [0, 0.05) is 6.54 Å². The molecule has 5 nitrogen and oxygen atoms in total. The van der Waals surface area contributed by atoms with Gasteiger partial charge in [-0.1, -0.05) is 29.8 Å². The summed E-state index contributed by atoms with van der Waals surface area (Å²) in [7, 11) is 0. The van der Waals surface area contributed by atoms with Crippen LogP contribution >= 0.6 is 0 Å². The number of hydrogen-bond donors (Lipinski definition) is 1. The highest BCUT2D eigenvalue weighted by Crippen LogP contribution is 2.10. The van der Waals surface area contributed by atoms with Crippen LogP contribution in [0.4, 0.5) is 0 Å². The van der Waals surface area contributed by atoms with E-state index < -0.39 is 18.0 Å². The molecule has 0 radical (unpaired) electrons. The second-order valence-electron chi connectivity index (χ2n) is 4.52. The molecule has 0 fully saturated rings. The molecule has 0 unspecified atom stereocenters. The predicted molar refractivity (Wildman–Crippen MR) is 79.0 cm³/mol. The van der Waals surface area contributed by atoms with Crippen molar-refractivity contribution >= 4 is 18.0 Å². The number of rotatable bonds is 5. The van der Waals surface area contributed by atoms with Gasteiger partial charge in [0.2, 0.25) is 0 Å². The zero-order valence-corrected chi connectivity index (χ0v) is 12.3. The topological polar surface area (TPSA) is 79.2 Å². The first-order valence-electron chi connectivity index (χ1n) is 6.65. The average molecular weight is 286 g/mol. The SMILES string of the molecule is CCNC(=O)[C@H](C)OC(=O)/C(C#N)=C/c1ccc(C)cc1. The van der Waals surface area contributed by atoms with Gasteiger partial charge in [-0.15, -0.1) is 0 Å². The number of ether oxygens (including phenoxy) is 1. The highest BCUT2D eigenvalue weighted by molar-refractivity contribution is 5.99. The highest BCUT2D eigenvalue weighted by Gasteiger charge is 2.19. The van der Waals surface area contributed by atoms with Crippen molar-refractivity contribution in [2.75, 3.05) is 6.54 Å². The number of benzene rings is 1. The lowest BCUT2D eigenvalue weighted by molar-refractivity contribution is -0.150. The Balaban J connectivity index is 2.80. The Kier molecular flexibility index (Phi) is 6.15. The fraction of sp³-hybridized carbons (Fsp3) is 0.312. The summed E-state index contributed by atoms with van der Waals surface area (Å²) in [5, 5.41) is 11.6. The van der Waals surface area contributed by atoms with E-state index in [0.29, 0.717) is 6.54 Å². The molecule has 1 amide bonds. The largest absolute Gasteiger partial charge is 0.448 e. The quantitative estimate of drug-likeness (QED) is 0.510. The lowest BCUT2D eigenvalue weighted by Gasteiger charge is -2.12. The fourth-order valence-corrected chi connectivity index (χ4v) is 1.56. The van der Waals surface area contributed by atoms with E-state index in [1.54, 1.807) is 25.1 Å².